The SMILES string of the molecule is c1ccc(-c2cccc(-c3nc4c(N(c5cc6c(c7ccccc57)c5ccccc5n6-c5ccccc5)c5ccc(-c6ccccc6)c6c5oc5ccccc56)cccc4o3)c2)cc1. The van der Waals surface area contributed by atoms with Crippen LogP contribution in [0.3, 0.4) is 0 Å². The second-order valence-corrected chi connectivity index (χ2v) is 16.2. The Kier molecular flexibility index (Phi) is 8.15. The summed E-state index contributed by atoms with van der Waals surface area (Å²) in [5.74, 6) is 0.554. The van der Waals surface area contributed by atoms with Gasteiger partial charge in [-0.05, 0) is 88.3 Å². The van der Waals surface area contributed by atoms with Crippen LogP contribution in [0.2, 0.25) is 0 Å². The number of nitrogens with zero attached hydrogens (tertiary/aromatic N) is 3. The van der Waals surface area contributed by atoms with Gasteiger partial charge in [0, 0.05) is 38.2 Å². The summed E-state index contributed by atoms with van der Waals surface area (Å²) in [5, 5.41) is 6.76. The molecule has 0 spiro atoms. The second-order valence-electron chi connectivity index (χ2n) is 16.2. The fourth-order valence-electron chi connectivity index (χ4n) is 9.79. The van der Waals surface area contributed by atoms with Crippen LogP contribution in [-0.4, -0.2) is 9.55 Å². The monoisotopic (exact) mass is 819 g/mol. The lowest BCUT2D eigenvalue weighted by molar-refractivity contribution is 0.620. The standard InChI is InChI=1S/C59H37N3O2/c1-4-18-38(19-5-1)40-22-16-23-41(36-40)59-60-57-49(31-17-33-54(57)64-59)62(50-35-34-43(39-20-6-2-7-21-39)56-47-29-13-15-32-53(47)63-58(50)56)51-37-52-55(45-27-11-10-26-44(45)51)46-28-12-14-30-48(46)61(52)42-24-8-3-9-25-42/h1-37H. The van der Waals surface area contributed by atoms with Crippen molar-refractivity contribution < 1.29 is 8.83 Å². The molecule has 3 aromatic heterocycles. The van der Waals surface area contributed by atoms with E-state index in [4.69, 9.17) is 13.8 Å². The van der Waals surface area contributed by atoms with Crippen LogP contribution in [0, 0.1) is 0 Å². The third-order valence-electron chi connectivity index (χ3n) is 12.6. The van der Waals surface area contributed by atoms with E-state index in [2.05, 4.69) is 216 Å². The number of fused-ring (bicyclic) bond motifs is 9. The van der Waals surface area contributed by atoms with Crippen molar-refractivity contribution in [1.29, 1.82) is 0 Å². The number of furan rings is 1. The highest BCUT2D eigenvalue weighted by atomic mass is 16.3. The molecule has 64 heavy (non-hydrogen) atoms. The van der Waals surface area contributed by atoms with E-state index in [0.717, 1.165) is 99.8 Å². The van der Waals surface area contributed by atoms with Crippen LogP contribution in [0.15, 0.2) is 233 Å². The number of aromatic nitrogens is 2. The Hall–Kier alpha value is -8.67. The highest BCUT2D eigenvalue weighted by molar-refractivity contribution is 6.26. The summed E-state index contributed by atoms with van der Waals surface area (Å²) in [6, 6.07) is 79.0. The van der Waals surface area contributed by atoms with Crippen molar-refractivity contribution in [3.63, 3.8) is 0 Å². The van der Waals surface area contributed by atoms with E-state index in [1.165, 1.54) is 10.8 Å². The van der Waals surface area contributed by atoms with Crippen molar-refractivity contribution in [3.8, 4) is 39.4 Å². The van der Waals surface area contributed by atoms with Crippen LogP contribution in [0.1, 0.15) is 0 Å². The number of para-hydroxylation sites is 4. The van der Waals surface area contributed by atoms with Gasteiger partial charge in [-0.2, -0.15) is 0 Å². The quantitative estimate of drug-likeness (QED) is 0.161. The van der Waals surface area contributed by atoms with Gasteiger partial charge >= 0.3 is 0 Å². The molecule has 3 heterocycles. The van der Waals surface area contributed by atoms with Gasteiger partial charge < -0.3 is 18.3 Å². The first-order chi connectivity index (χ1) is 31.8. The third-order valence-corrected chi connectivity index (χ3v) is 12.6. The normalized spacial score (nSPS) is 11.8. The van der Waals surface area contributed by atoms with Crippen LogP contribution in [-0.2, 0) is 0 Å². The summed E-state index contributed by atoms with van der Waals surface area (Å²) >= 11 is 0. The first-order valence-electron chi connectivity index (χ1n) is 21.6. The zero-order valence-corrected chi connectivity index (χ0v) is 34.5. The molecule has 13 aromatic rings. The van der Waals surface area contributed by atoms with Gasteiger partial charge in [0.25, 0.3) is 0 Å². The second kappa shape index (κ2) is 14.5. The number of hydrogen-bond acceptors (Lipinski definition) is 4. The van der Waals surface area contributed by atoms with E-state index in [1.54, 1.807) is 0 Å². The fraction of sp³-hybridized carbons (Fsp3) is 0. The molecule has 0 aliphatic carbocycles. The Bertz CT molecular complexity index is 3900. The minimum Gasteiger partial charge on any atom is -0.454 e. The maximum Gasteiger partial charge on any atom is 0.227 e. The molecule has 0 amide bonds. The van der Waals surface area contributed by atoms with E-state index in [1.807, 2.05) is 18.2 Å². The van der Waals surface area contributed by atoms with Gasteiger partial charge in [0.2, 0.25) is 5.89 Å². The minimum atomic E-state index is 0.554. The zero-order chi connectivity index (χ0) is 42.1. The largest absolute Gasteiger partial charge is 0.454 e. The van der Waals surface area contributed by atoms with Crippen LogP contribution in [0.4, 0.5) is 17.1 Å². The molecule has 0 saturated heterocycles. The van der Waals surface area contributed by atoms with Crippen LogP contribution in [0.25, 0.3) is 105 Å². The summed E-state index contributed by atoms with van der Waals surface area (Å²) in [6.45, 7) is 0. The molecule has 5 nitrogen and oxygen atoms in total. The Balaban J connectivity index is 1.14. The Morgan fingerprint density at radius 1 is 0.375 bits per heavy atom. The van der Waals surface area contributed by atoms with Crippen LogP contribution in [0.5, 0.6) is 0 Å². The van der Waals surface area contributed by atoms with Crippen molar-refractivity contribution >= 4 is 82.7 Å². The predicted octanol–water partition coefficient (Wildman–Crippen LogP) is 16.4. The number of benzene rings is 10. The number of rotatable bonds is 7. The first-order valence-corrected chi connectivity index (χ1v) is 21.6. The molecule has 0 atom stereocenters. The molecule has 13 rings (SSSR count). The molecule has 0 N–H and O–H groups in total. The maximum atomic E-state index is 7.06. The summed E-state index contributed by atoms with van der Waals surface area (Å²) in [6.07, 6.45) is 0. The average molecular weight is 820 g/mol. The molecule has 0 aliphatic heterocycles. The summed E-state index contributed by atoms with van der Waals surface area (Å²) in [4.78, 5) is 7.73. The number of oxazole rings is 1. The third kappa shape index (κ3) is 5.61. The van der Waals surface area contributed by atoms with Gasteiger partial charge in [-0.1, -0.05) is 164 Å². The van der Waals surface area contributed by atoms with E-state index < -0.39 is 0 Å². The van der Waals surface area contributed by atoms with Crippen molar-refractivity contribution in [1.82, 2.24) is 9.55 Å². The van der Waals surface area contributed by atoms with Gasteiger partial charge in [-0.3, -0.25) is 0 Å². The molecule has 300 valence electrons. The maximum absolute atomic E-state index is 7.06. The molecule has 0 fully saturated rings. The van der Waals surface area contributed by atoms with E-state index in [0.29, 0.717) is 11.5 Å². The highest BCUT2D eigenvalue weighted by Gasteiger charge is 2.28. The lowest BCUT2D eigenvalue weighted by atomic mass is 9.97. The number of hydrogen-bond donors (Lipinski definition) is 0. The topological polar surface area (TPSA) is 47.3 Å². The van der Waals surface area contributed by atoms with Crippen molar-refractivity contribution in [3.05, 3.63) is 224 Å². The van der Waals surface area contributed by atoms with Crippen molar-refractivity contribution in [2.45, 2.75) is 0 Å². The lowest BCUT2D eigenvalue weighted by Crippen LogP contribution is -2.12. The minimum absolute atomic E-state index is 0.554. The van der Waals surface area contributed by atoms with E-state index in [9.17, 15) is 0 Å². The molecule has 0 bridgehead atoms. The Morgan fingerprint density at radius 3 is 1.81 bits per heavy atom. The van der Waals surface area contributed by atoms with Gasteiger partial charge in [0.15, 0.2) is 11.2 Å². The Labute approximate surface area is 368 Å². The molecule has 0 unspecified atom stereocenters. The van der Waals surface area contributed by atoms with Crippen molar-refractivity contribution in [2.75, 3.05) is 4.90 Å². The van der Waals surface area contributed by atoms with Gasteiger partial charge in [0.1, 0.15) is 11.1 Å². The first kappa shape index (κ1) is 36.0. The molecule has 0 radical (unpaired) electrons. The summed E-state index contributed by atoms with van der Waals surface area (Å²) in [5.41, 5.74) is 14.5. The molecular weight excluding hydrogens is 783 g/mol. The van der Waals surface area contributed by atoms with Gasteiger partial charge in [0.05, 0.1) is 28.1 Å². The molecule has 10 aromatic carbocycles. The van der Waals surface area contributed by atoms with Crippen LogP contribution >= 0.6 is 0 Å². The predicted molar refractivity (Wildman–Crippen MR) is 264 cm³/mol. The highest BCUT2D eigenvalue weighted by Crippen LogP contribution is 2.51. The average Bonchev–Trinajstić information content (AvgIpc) is 4.08. The smallest absolute Gasteiger partial charge is 0.227 e. The van der Waals surface area contributed by atoms with E-state index in [-0.39, 0.29) is 0 Å². The number of anilines is 3. The molecule has 0 aliphatic rings. The van der Waals surface area contributed by atoms with Crippen molar-refractivity contribution in [2.24, 2.45) is 0 Å². The summed E-state index contributed by atoms with van der Waals surface area (Å²) in [7, 11) is 0. The zero-order valence-electron chi connectivity index (χ0n) is 34.5. The van der Waals surface area contributed by atoms with Gasteiger partial charge in [-0.15, -0.1) is 0 Å². The summed E-state index contributed by atoms with van der Waals surface area (Å²) < 4.78 is 16.2. The lowest BCUT2D eigenvalue weighted by Gasteiger charge is -2.28. The van der Waals surface area contributed by atoms with Gasteiger partial charge in [-0.25, -0.2) is 4.98 Å². The molecule has 5 heteroatoms. The Morgan fingerprint density at radius 2 is 1.00 bits per heavy atom. The molecular formula is C59H37N3O2. The van der Waals surface area contributed by atoms with Crippen LogP contribution < -0.4 is 4.90 Å². The fourth-order valence-corrected chi connectivity index (χ4v) is 9.79. The van der Waals surface area contributed by atoms with E-state index >= 15 is 0 Å². The molecule has 0 saturated carbocycles.